The van der Waals surface area contributed by atoms with Gasteiger partial charge in [-0.1, -0.05) is 0 Å². The van der Waals surface area contributed by atoms with Gasteiger partial charge < -0.3 is 10.8 Å². The Morgan fingerprint density at radius 2 is 1.85 bits per heavy atom. The van der Waals surface area contributed by atoms with Crippen LogP contribution in [0, 0.1) is 12.7 Å². The van der Waals surface area contributed by atoms with Gasteiger partial charge in [0.25, 0.3) is 0 Å². The second-order valence-electron chi connectivity index (χ2n) is 7.66. The van der Waals surface area contributed by atoms with Crippen LogP contribution in [-0.2, 0) is 13.2 Å². The van der Waals surface area contributed by atoms with E-state index >= 15 is 0 Å². The van der Waals surface area contributed by atoms with Crippen LogP contribution in [0.4, 0.5) is 10.3 Å². The first-order valence-corrected chi connectivity index (χ1v) is 10.3. The molecular formula is C23H19FN8O2. The number of nitrogens with two attached hydrogens (primary N) is 1. The molecule has 0 aliphatic carbocycles. The number of fused-ring (bicyclic) bond motifs is 1. The summed E-state index contributed by atoms with van der Waals surface area (Å²) in [6, 6.07) is 12.7. The van der Waals surface area contributed by atoms with E-state index in [1.807, 2.05) is 0 Å². The summed E-state index contributed by atoms with van der Waals surface area (Å²) in [5.41, 5.74) is 9.74. The highest BCUT2D eigenvalue weighted by Crippen LogP contribution is 2.35. The van der Waals surface area contributed by atoms with Gasteiger partial charge in [0.1, 0.15) is 5.82 Å². The normalized spacial score (nSPS) is 11.3. The SMILES string of the molecule is Cc1cc(-c2c(-c3ccc(F)cc3)nc(N)n3c(=O)n(Cc4cccnn4)nc23)cc(CO)n1. The molecule has 0 spiro atoms. The van der Waals surface area contributed by atoms with Gasteiger partial charge in [-0.25, -0.2) is 23.3 Å². The molecule has 10 nitrogen and oxygen atoms in total. The summed E-state index contributed by atoms with van der Waals surface area (Å²) >= 11 is 0. The molecule has 34 heavy (non-hydrogen) atoms. The van der Waals surface area contributed by atoms with Crippen molar-refractivity contribution in [1.29, 1.82) is 0 Å². The van der Waals surface area contributed by atoms with Crippen LogP contribution in [0.1, 0.15) is 17.1 Å². The molecule has 0 unspecified atom stereocenters. The van der Waals surface area contributed by atoms with Crippen LogP contribution >= 0.6 is 0 Å². The van der Waals surface area contributed by atoms with Crippen molar-refractivity contribution in [1.82, 2.24) is 34.3 Å². The van der Waals surface area contributed by atoms with Crippen molar-refractivity contribution in [2.24, 2.45) is 0 Å². The van der Waals surface area contributed by atoms with Gasteiger partial charge in [-0.05, 0) is 61.0 Å². The van der Waals surface area contributed by atoms with E-state index in [1.165, 1.54) is 27.4 Å². The Hall–Kier alpha value is -4.51. The lowest BCUT2D eigenvalue weighted by Crippen LogP contribution is -2.24. The standard InChI is InChI=1S/C23H19FN8O2/c1-13-9-15(10-18(12-33)27-13)19-20(14-4-6-16(24)7-5-14)28-22(25)32-21(19)30-31(23(32)34)11-17-3-2-8-26-29-17/h2-10,33H,11-12H2,1H3,(H2,25,28). The third-order valence-electron chi connectivity index (χ3n) is 5.27. The maximum Gasteiger partial charge on any atom is 0.353 e. The molecule has 0 radical (unpaired) electrons. The predicted octanol–water partition coefficient (Wildman–Crippen LogP) is 1.98. The number of nitrogen functional groups attached to an aromatic ring is 1. The fourth-order valence-electron chi connectivity index (χ4n) is 3.82. The Labute approximate surface area is 192 Å². The minimum Gasteiger partial charge on any atom is -0.390 e. The Kier molecular flexibility index (Phi) is 5.30. The van der Waals surface area contributed by atoms with Gasteiger partial charge in [-0.15, -0.1) is 5.10 Å². The Morgan fingerprint density at radius 3 is 2.56 bits per heavy atom. The van der Waals surface area contributed by atoms with Crippen molar-refractivity contribution >= 4 is 11.6 Å². The highest BCUT2D eigenvalue weighted by atomic mass is 19.1. The van der Waals surface area contributed by atoms with Gasteiger partial charge in [0.05, 0.1) is 35.8 Å². The van der Waals surface area contributed by atoms with Crippen LogP contribution in [0.2, 0.25) is 0 Å². The molecule has 0 amide bonds. The van der Waals surface area contributed by atoms with E-state index in [0.717, 1.165) is 0 Å². The zero-order valence-electron chi connectivity index (χ0n) is 18.1. The van der Waals surface area contributed by atoms with Gasteiger partial charge in [0.2, 0.25) is 5.95 Å². The Balaban J connectivity index is 1.83. The first kappa shape index (κ1) is 21.3. The number of anilines is 1. The predicted molar refractivity (Wildman–Crippen MR) is 122 cm³/mol. The number of aliphatic hydroxyl groups excluding tert-OH is 1. The largest absolute Gasteiger partial charge is 0.390 e. The zero-order chi connectivity index (χ0) is 23.8. The van der Waals surface area contributed by atoms with E-state index in [0.29, 0.717) is 39.5 Å². The molecule has 4 heterocycles. The molecule has 3 N–H and O–H groups in total. The molecule has 0 bridgehead atoms. The minimum atomic E-state index is -0.495. The highest BCUT2D eigenvalue weighted by Gasteiger charge is 2.22. The molecule has 5 aromatic rings. The van der Waals surface area contributed by atoms with Crippen molar-refractivity contribution in [3.63, 3.8) is 0 Å². The minimum absolute atomic E-state index is 0.0679. The average Bonchev–Trinajstić information content (AvgIpc) is 3.15. The number of aryl methyl sites for hydroxylation is 1. The molecule has 0 saturated heterocycles. The van der Waals surface area contributed by atoms with Crippen LogP contribution < -0.4 is 11.4 Å². The van der Waals surface area contributed by atoms with Crippen molar-refractivity contribution in [2.75, 3.05) is 5.73 Å². The lowest BCUT2D eigenvalue weighted by molar-refractivity contribution is 0.276. The van der Waals surface area contributed by atoms with E-state index in [2.05, 4.69) is 25.3 Å². The van der Waals surface area contributed by atoms with E-state index in [9.17, 15) is 14.3 Å². The van der Waals surface area contributed by atoms with Crippen molar-refractivity contribution in [3.05, 3.63) is 88.1 Å². The topological polar surface area (TPSA) is 137 Å². The van der Waals surface area contributed by atoms with Crippen LogP contribution in [-0.4, -0.2) is 39.5 Å². The highest BCUT2D eigenvalue weighted by molar-refractivity contribution is 5.90. The monoisotopic (exact) mass is 458 g/mol. The number of nitrogens with zero attached hydrogens (tertiary/aromatic N) is 7. The first-order valence-electron chi connectivity index (χ1n) is 10.3. The second kappa shape index (κ2) is 8.45. The van der Waals surface area contributed by atoms with Crippen molar-refractivity contribution < 1.29 is 9.50 Å². The number of halogens is 1. The number of pyridine rings is 1. The maximum absolute atomic E-state index is 13.6. The molecule has 0 saturated carbocycles. The number of aliphatic hydroxyl groups is 1. The van der Waals surface area contributed by atoms with Crippen LogP contribution in [0.3, 0.4) is 0 Å². The lowest BCUT2D eigenvalue weighted by Gasteiger charge is -2.13. The maximum atomic E-state index is 13.6. The lowest BCUT2D eigenvalue weighted by atomic mass is 9.99. The molecule has 0 aliphatic rings. The first-order chi connectivity index (χ1) is 16.4. The Bertz CT molecular complexity index is 1560. The molecular weight excluding hydrogens is 439 g/mol. The smallest absolute Gasteiger partial charge is 0.353 e. The van der Waals surface area contributed by atoms with E-state index in [-0.39, 0.29) is 24.7 Å². The fourth-order valence-corrected chi connectivity index (χ4v) is 3.82. The Morgan fingerprint density at radius 1 is 1.06 bits per heavy atom. The van der Waals surface area contributed by atoms with Crippen molar-refractivity contribution in [3.8, 4) is 22.4 Å². The zero-order valence-corrected chi connectivity index (χ0v) is 18.1. The number of hydrogen-bond donors (Lipinski definition) is 2. The van der Waals surface area contributed by atoms with Gasteiger partial charge >= 0.3 is 5.69 Å². The van der Waals surface area contributed by atoms with Crippen molar-refractivity contribution in [2.45, 2.75) is 20.1 Å². The second-order valence-corrected chi connectivity index (χ2v) is 7.66. The molecule has 11 heteroatoms. The van der Waals surface area contributed by atoms with Gasteiger partial charge in [-0.3, -0.25) is 4.98 Å². The average molecular weight is 458 g/mol. The molecule has 1 aromatic carbocycles. The molecule has 0 aliphatic heterocycles. The number of aromatic nitrogens is 7. The summed E-state index contributed by atoms with van der Waals surface area (Å²) in [5.74, 6) is -0.465. The van der Waals surface area contributed by atoms with Gasteiger partial charge in [-0.2, -0.15) is 10.2 Å². The summed E-state index contributed by atoms with van der Waals surface area (Å²) < 4.78 is 16.1. The fraction of sp³-hybridized carbons (Fsp3) is 0.130. The summed E-state index contributed by atoms with van der Waals surface area (Å²) in [6.07, 6.45) is 1.54. The third kappa shape index (κ3) is 3.77. The summed E-state index contributed by atoms with van der Waals surface area (Å²) in [4.78, 5) is 22.0. The van der Waals surface area contributed by atoms with E-state index < -0.39 is 11.5 Å². The number of rotatable bonds is 5. The molecule has 4 aromatic heterocycles. The number of benzene rings is 1. The van der Waals surface area contributed by atoms with Crippen LogP contribution in [0.5, 0.6) is 0 Å². The van der Waals surface area contributed by atoms with E-state index in [4.69, 9.17) is 5.73 Å². The quantitative estimate of drug-likeness (QED) is 0.408. The summed E-state index contributed by atoms with van der Waals surface area (Å²) in [6.45, 7) is 1.60. The summed E-state index contributed by atoms with van der Waals surface area (Å²) in [5, 5.41) is 22.1. The number of hydrogen-bond acceptors (Lipinski definition) is 8. The van der Waals surface area contributed by atoms with Crippen LogP contribution in [0.15, 0.2) is 59.5 Å². The van der Waals surface area contributed by atoms with Gasteiger partial charge in [0.15, 0.2) is 5.65 Å². The van der Waals surface area contributed by atoms with E-state index in [1.54, 1.807) is 43.3 Å². The van der Waals surface area contributed by atoms with Gasteiger partial charge in [0, 0.05) is 17.5 Å². The summed E-state index contributed by atoms with van der Waals surface area (Å²) in [7, 11) is 0. The molecule has 0 atom stereocenters. The molecule has 5 rings (SSSR count). The van der Waals surface area contributed by atoms with Crippen LogP contribution in [0.25, 0.3) is 28.0 Å². The molecule has 0 fully saturated rings. The third-order valence-corrected chi connectivity index (χ3v) is 5.27. The molecule has 170 valence electrons.